The standard InChI is InChI=1S/C30H24N2O9/c33-23-16-17-32(30(37)31-23)26-25(41-29(36)21-14-8-3-9-15-21)24(40-28(35)20-12-6-2-7-13-20)22(39-26)18-38-27(34)19-10-4-1-5-11-19/h1-17,22,24-26H,18H2,(H,31,33,37)/t22-,24-,25+,26-/m1/s1. The van der Waals surface area contributed by atoms with Crippen LogP contribution in [0.5, 0.6) is 0 Å². The summed E-state index contributed by atoms with van der Waals surface area (Å²) in [5.74, 6) is -2.19. The molecule has 11 heteroatoms. The second-order valence-corrected chi connectivity index (χ2v) is 9.02. The van der Waals surface area contributed by atoms with Gasteiger partial charge in [0.15, 0.2) is 18.4 Å². The zero-order valence-electron chi connectivity index (χ0n) is 21.5. The summed E-state index contributed by atoms with van der Waals surface area (Å²) >= 11 is 0. The van der Waals surface area contributed by atoms with Crippen LogP contribution in [0.25, 0.3) is 0 Å². The Morgan fingerprint density at radius 2 is 1.17 bits per heavy atom. The summed E-state index contributed by atoms with van der Waals surface area (Å²) < 4.78 is 24.1. The first-order chi connectivity index (χ1) is 19.9. The van der Waals surface area contributed by atoms with Gasteiger partial charge in [-0.2, -0.15) is 0 Å². The van der Waals surface area contributed by atoms with Gasteiger partial charge < -0.3 is 18.9 Å². The molecule has 208 valence electrons. The van der Waals surface area contributed by atoms with Gasteiger partial charge in [-0.3, -0.25) is 14.3 Å². The van der Waals surface area contributed by atoms with Crippen LogP contribution in [0.1, 0.15) is 37.3 Å². The van der Waals surface area contributed by atoms with Crippen molar-refractivity contribution in [3.63, 3.8) is 0 Å². The Morgan fingerprint density at radius 1 is 0.683 bits per heavy atom. The Balaban J connectivity index is 1.50. The highest BCUT2D eigenvalue weighted by Crippen LogP contribution is 2.34. The van der Waals surface area contributed by atoms with Crippen molar-refractivity contribution in [2.75, 3.05) is 6.61 Å². The van der Waals surface area contributed by atoms with Crippen molar-refractivity contribution >= 4 is 17.9 Å². The van der Waals surface area contributed by atoms with E-state index < -0.39 is 60.3 Å². The highest BCUT2D eigenvalue weighted by molar-refractivity contribution is 5.91. The molecule has 0 saturated carbocycles. The van der Waals surface area contributed by atoms with E-state index in [0.717, 1.165) is 10.6 Å². The number of esters is 3. The van der Waals surface area contributed by atoms with E-state index in [9.17, 15) is 24.0 Å². The fraction of sp³-hybridized carbons (Fsp3) is 0.167. The van der Waals surface area contributed by atoms with Gasteiger partial charge in [-0.25, -0.2) is 19.2 Å². The van der Waals surface area contributed by atoms with Gasteiger partial charge in [0.25, 0.3) is 5.56 Å². The average molecular weight is 557 g/mol. The molecule has 4 atom stereocenters. The van der Waals surface area contributed by atoms with Crippen LogP contribution < -0.4 is 11.2 Å². The van der Waals surface area contributed by atoms with Crippen molar-refractivity contribution in [2.24, 2.45) is 0 Å². The van der Waals surface area contributed by atoms with Crippen molar-refractivity contribution in [2.45, 2.75) is 24.5 Å². The molecule has 0 bridgehead atoms. The zero-order valence-corrected chi connectivity index (χ0v) is 21.5. The van der Waals surface area contributed by atoms with Crippen LogP contribution in [0.15, 0.2) is 113 Å². The SMILES string of the molecule is O=C(OC[C@H]1O[C@@H](n2ccc(=O)[nH]c2=O)[C@@H](OC(=O)c2ccccc2)[C@@H]1OC(=O)c1ccccc1)c1ccccc1. The number of hydrogen-bond donors (Lipinski definition) is 1. The van der Waals surface area contributed by atoms with Crippen LogP contribution in [-0.4, -0.2) is 52.4 Å². The predicted octanol–water partition coefficient (Wildman–Crippen LogP) is 2.74. The summed E-state index contributed by atoms with van der Waals surface area (Å²) in [5, 5.41) is 0. The minimum atomic E-state index is -1.38. The zero-order chi connectivity index (χ0) is 28.8. The first-order valence-electron chi connectivity index (χ1n) is 12.6. The first-order valence-corrected chi connectivity index (χ1v) is 12.6. The highest BCUT2D eigenvalue weighted by Gasteiger charge is 2.51. The number of benzene rings is 3. The number of carbonyl (C=O) groups excluding carboxylic acids is 3. The minimum Gasteiger partial charge on any atom is -0.459 e. The normalized spacial score (nSPS) is 19.7. The van der Waals surface area contributed by atoms with E-state index in [4.69, 9.17) is 18.9 Å². The molecular weight excluding hydrogens is 532 g/mol. The maximum Gasteiger partial charge on any atom is 0.338 e. The van der Waals surface area contributed by atoms with Crippen molar-refractivity contribution in [3.8, 4) is 0 Å². The van der Waals surface area contributed by atoms with Gasteiger partial charge in [-0.15, -0.1) is 0 Å². The Kier molecular flexibility index (Phi) is 8.16. The molecule has 1 aromatic heterocycles. The number of aromatic amines is 1. The van der Waals surface area contributed by atoms with E-state index in [1.165, 1.54) is 30.5 Å². The average Bonchev–Trinajstić information content (AvgIpc) is 3.33. The molecule has 4 aromatic rings. The number of hydrogen-bond acceptors (Lipinski definition) is 9. The molecular formula is C30H24N2O9. The Morgan fingerprint density at radius 3 is 1.68 bits per heavy atom. The van der Waals surface area contributed by atoms with Gasteiger partial charge in [-0.05, 0) is 36.4 Å². The van der Waals surface area contributed by atoms with Gasteiger partial charge in [0.1, 0.15) is 12.7 Å². The van der Waals surface area contributed by atoms with Crippen molar-refractivity contribution in [1.82, 2.24) is 9.55 Å². The smallest absolute Gasteiger partial charge is 0.338 e. The van der Waals surface area contributed by atoms with Crippen molar-refractivity contribution in [3.05, 3.63) is 141 Å². The third-order valence-corrected chi connectivity index (χ3v) is 6.30. The van der Waals surface area contributed by atoms with E-state index in [-0.39, 0.29) is 16.7 Å². The Labute approximate surface area is 232 Å². The predicted molar refractivity (Wildman–Crippen MR) is 143 cm³/mol. The lowest BCUT2D eigenvalue weighted by molar-refractivity contribution is -0.0640. The molecule has 0 amide bonds. The fourth-order valence-corrected chi connectivity index (χ4v) is 4.31. The van der Waals surface area contributed by atoms with Crippen LogP contribution in [0, 0.1) is 0 Å². The molecule has 0 unspecified atom stereocenters. The molecule has 1 N–H and O–H groups in total. The molecule has 1 aliphatic rings. The lowest BCUT2D eigenvalue weighted by Crippen LogP contribution is -2.43. The minimum absolute atomic E-state index is 0.201. The monoisotopic (exact) mass is 556 g/mol. The number of nitrogens with one attached hydrogen (secondary N) is 1. The third kappa shape index (κ3) is 6.31. The molecule has 3 aromatic carbocycles. The van der Waals surface area contributed by atoms with Gasteiger partial charge in [0.05, 0.1) is 16.7 Å². The summed E-state index contributed by atoms with van der Waals surface area (Å²) in [6.45, 7) is -0.408. The van der Waals surface area contributed by atoms with Crippen LogP contribution in [0.4, 0.5) is 0 Å². The van der Waals surface area contributed by atoms with Crippen LogP contribution in [0.2, 0.25) is 0 Å². The van der Waals surface area contributed by atoms with Gasteiger partial charge in [0.2, 0.25) is 0 Å². The number of rotatable bonds is 8. The Bertz CT molecular complexity index is 1640. The Hall–Kier alpha value is -5.29. The number of H-pyrrole nitrogens is 1. The summed E-state index contributed by atoms with van der Waals surface area (Å²) in [6.07, 6.45) is -4.03. The number of ether oxygens (including phenoxy) is 4. The second kappa shape index (κ2) is 12.3. The molecule has 0 radical (unpaired) electrons. The molecule has 1 saturated heterocycles. The van der Waals surface area contributed by atoms with E-state index in [1.54, 1.807) is 66.7 Å². The molecule has 1 aliphatic heterocycles. The van der Waals surface area contributed by atoms with Crippen LogP contribution in [0.3, 0.4) is 0 Å². The third-order valence-electron chi connectivity index (χ3n) is 6.30. The van der Waals surface area contributed by atoms with Crippen molar-refractivity contribution < 1.29 is 33.3 Å². The molecule has 1 fully saturated rings. The van der Waals surface area contributed by atoms with Gasteiger partial charge in [-0.1, -0.05) is 54.6 Å². The molecule has 11 nitrogen and oxygen atoms in total. The van der Waals surface area contributed by atoms with E-state index >= 15 is 0 Å². The summed E-state index contributed by atoms with van der Waals surface area (Å²) in [5.41, 5.74) is -0.804. The lowest BCUT2D eigenvalue weighted by Gasteiger charge is -2.25. The first kappa shape index (κ1) is 27.3. The topological polar surface area (TPSA) is 143 Å². The van der Waals surface area contributed by atoms with Crippen LogP contribution in [-0.2, 0) is 18.9 Å². The maximum atomic E-state index is 13.1. The number of aromatic nitrogens is 2. The summed E-state index contributed by atoms with van der Waals surface area (Å²) in [7, 11) is 0. The van der Waals surface area contributed by atoms with Gasteiger partial charge >= 0.3 is 23.6 Å². The number of carbonyl (C=O) groups is 3. The van der Waals surface area contributed by atoms with Crippen molar-refractivity contribution in [1.29, 1.82) is 0 Å². The summed E-state index contributed by atoms with van der Waals surface area (Å²) in [6, 6.07) is 25.5. The quantitative estimate of drug-likeness (QED) is 0.256. The largest absolute Gasteiger partial charge is 0.459 e. The van der Waals surface area contributed by atoms with E-state index in [2.05, 4.69) is 4.98 Å². The molecule has 0 aliphatic carbocycles. The highest BCUT2D eigenvalue weighted by atomic mass is 16.7. The van der Waals surface area contributed by atoms with E-state index in [0.29, 0.717) is 0 Å². The lowest BCUT2D eigenvalue weighted by atomic mass is 10.1. The molecule has 2 heterocycles. The molecule has 5 rings (SSSR count). The summed E-state index contributed by atoms with van der Waals surface area (Å²) in [4.78, 5) is 65.5. The van der Waals surface area contributed by atoms with E-state index in [1.807, 2.05) is 0 Å². The second-order valence-electron chi connectivity index (χ2n) is 9.02. The van der Waals surface area contributed by atoms with Gasteiger partial charge in [0, 0.05) is 12.3 Å². The molecule has 41 heavy (non-hydrogen) atoms. The maximum absolute atomic E-state index is 13.1. The number of nitrogens with zero attached hydrogens (tertiary/aromatic N) is 1. The fourth-order valence-electron chi connectivity index (χ4n) is 4.31. The van der Waals surface area contributed by atoms with Crippen LogP contribution >= 0.6 is 0 Å². The molecule has 0 spiro atoms.